The minimum absolute atomic E-state index is 0.0393. The topological polar surface area (TPSA) is 75.3 Å². The average molecular weight is 423 g/mol. The second kappa shape index (κ2) is 11.6. The van der Waals surface area contributed by atoms with Gasteiger partial charge in [-0.05, 0) is 48.1 Å². The molecule has 0 saturated carbocycles. The molecule has 0 aliphatic heterocycles. The predicted molar refractivity (Wildman–Crippen MR) is 112 cm³/mol. The number of carbonyl (C=O) groups is 1. The first kappa shape index (κ1) is 22.1. The number of sulfonamides is 1. The highest BCUT2D eigenvalue weighted by Crippen LogP contribution is 2.18. The van der Waals surface area contributed by atoms with Crippen LogP contribution in [0.2, 0.25) is 0 Å². The van der Waals surface area contributed by atoms with Crippen molar-refractivity contribution >= 4 is 33.8 Å². The van der Waals surface area contributed by atoms with Gasteiger partial charge < -0.3 is 5.32 Å². The fourth-order valence-corrected chi connectivity index (χ4v) is 3.87. The van der Waals surface area contributed by atoms with Gasteiger partial charge in [-0.15, -0.1) is 11.8 Å². The number of hydrogen-bond donors (Lipinski definition) is 2. The molecule has 2 aromatic carbocycles. The molecule has 1 amide bonds. The number of benzene rings is 2. The van der Waals surface area contributed by atoms with Crippen LogP contribution in [0.25, 0.3) is 6.08 Å². The summed E-state index contributed by atoms with van der Waals surface area (Å²) >= 11 is 1.59. The highest BCUT2D eigenvalue weighted by molar-refractivity contribution is 7.99. The van der Waals surface area contributed by atoms with Crippen LogP contribution >= 0.6 is 11.8 Å². The van der Waals surface area contributed by atoms with Gasteiger partial charge in [0, 0.05) is 29.8 Å². The molecule has 2 N–H and O–H groups in total. The summed E-state index contributed by atoms with van der Waals surface area (Å²) in [5.74, 6) is 0.326. The van der Waals surface area contributed by atoms with Crippen molar-refractivity contribution in [2.75, 3.05) is 18.8 Å². The summed E-state index contributed by atoms with van der Waals surface area (Å²) in [6.45, 7) is 0.547. The molecule has 2 aromatic rings. The highest BCUT2D eigenvalue weighted by atomic mass is 32.2. The maximum Gasteiger partial charge on any atom is 0.233 e. The largest absolute Gasteiger partial charge is 0.356 e. The Hall–Kier alpha value is -2.16. The van der Waals surface area contributed by atoms with E-state index in [9.17, 15) is 17.6 Å². The van der Waals surface area contributed by atoms with Crippen LogP contribution < -0.4 is 10.0 Å². The summed E-state index contributed by atoms with van der Waals surface area (Å²) in [7, 11) is -3.58. The van der Waals surface area contributed by atoms with E-state index in [0.717, 1.165) is 28.0 Å². The molecule has 0 radical (unpaired) electrons. The molecule has 0 aliphatic rings. The number of amides is 1. The van der Waals surface area contributed by atoms with Crippen LogP contribution in [0.3, 0.4) is 0 Å². The number of thioether (sulfide) groups is 1. The summed E-state index contributed by atoms with van der Waals surface area (Å²) in [6.07, 6.45) is 2.34. The minimum atomic E-state index is -3.58. The molecule has 0 bridgehead atoms. The number of hydrogen-bond acceptors (Lipinski definition) is 4. The molecular weight excluding hydrogens is 399 g/mol. The molecule has 0 saturated heterocycles. The second-order valence-corrected chi connectivity index (χ2v) is 8.73. The van der Waals surface area contributed by atoms with Gasteiger partial charge in [0.25, 0.3) is 0 Å². The molecule has 0 unspecified atom stereocenters. The van der Waals surface area contributed by atoms with Crippen LogP contribution in [0.5, 0.6) is 0 Å². The van der Waals surface area contributed by atoms with E-state index < -0.39 is 10.0 Å². The normalized spacial score (nSPS) is 11.6. The third-order valence-corrected chi connectivity index (χ3v) is 5.82. The van der Waals surface area contributed by atoms with Crippen molar-refractivity contribution in [3.05, 3.63) is 71.4 Å². The number of carbonyl (C=O) groups excluding carboxylic acids is 1. The van der Waals surface area contributed by atoms with Crippen molar-refractivity contribution in [1.82, 2.24) is 10.0 Å². The average Bonchev–Trinajstić information content (AvgIpc) is 2.68. The van der Waals surface area contributed by atoms with Gasteiger partial charge in [-0.1, -0.05) is 30.3 Å². The summed E-state index contributed by atoms with van der Waals surface area (Å²) in [5.41, 5.74) is 0.782. The van der Waals surface area contributed by atoms with E-state index in [4.69, 9.17) is 0 Å². The summed E-state index contributed by atoms with van der Waals surface area (Å²) in [5, 5.41) is 3.85. The summed E-state index contributed by atoms with van der Waals surface area (Å²) < 4.78 is 39.0. The van der Waals surface area contributed by atoms with Gasteiger partial charge in [0.2, 0.25) is 15.9 Å². The zero-order valence-corrected chi connectivity index (χ0v) is 16.9. The van der Waals surface area contributed by atoms with E-state index in [1.807, 2.05) is 18.2 Å². The Morgan fingerprint density at radius 2 is 1.75 bits per heavy atom. The Balaban J connectivity index is 1.57. The monoisotopic (exact) mass is 422 g/mol. The third kappa shape index (κ3) is 9.16. The standard InChI is InChI=1S/C20H23FN2O3S2/c21-18-7-9-19(10-8-18)27-15-4-13-22-20(24)11-14-23-28(25,26)16-12-17-5-2-1-3-6-17/h1-3,5-10,12,16,23H,4,11,13-15H2,(H,22,24)/b16-12+. The number of nitrogens with one attached hydrogen (secondary N) is 2. The van der Waals surface area contributed by atoms with E-state index in [2.05, 4.69) is 10.0 Å². The molecule has 0 atom stereocenters. The highest BCUT2D eigenvalue weighted by Gasteiger charge is 2.07. The molecule has 8 heteroatoms. The van der Waals surface area contributed by atoms with Gasteiger partial charge in [-0.3, -0.25) is 4.79 Å². The SMILES string of the molecule is O=C(CCNS(=O)(=O)/C=C/c1ccccc1)NCCCSc1ccc(F)cc1. The second-order valence-electron chi connectivity index (χ2n) is 5.91. The molecule has 0 spiro atoms. The predicted octanol–water partition coefficient (Wildman–Crippen LogP) is 3.40. The van der Waals surface area contributed by atoms with E-state index in [0.29, 0.717) is 6.54 Å². The zero-order chi connectivity index (χ0) is 20.2. The maximum atomic E-state index is 12.8. The van der Waals surface area contributed by atoms with Gasteiger partial charge in [-0.25, -0.2) is 17.5 Å². The van der Waals surface area contributed by atoms with Crippen molar-refractivity contribution in [3.8, 4) is 0 Å². The smallest absolute Gasteiger partial charge is 0.233 e. The maximum absolute atomic E-state index is 12.8. The number of rotatable bonds is 11. The van der Waals surface area contributed by atoms with Crippen molar-refractivity contribution in [3.63, 3.8) is 0 Å². The molecule has 28 heavy (non-hydrogen) atoms. The lowest BCUT2D eigenvalue weighted by atomic mass is 10.2. The van der Waals surface area contributed by atoms with E-state index in [1.165, 1.54) is 18.2 Å². The van der Waals surface area contributed by atoms with Crippen molar-refractivity contribution in [2.24, 2.45) is 0 Å². The molecule has 2 rings (SSSR count). The zero-order valence-electron chi connectivity index (χ0n) is 15.3. The lowest BCUT2D eigenvalue weighted by Crippen LogP contribution is -2.30. The first-order chi connectivity index (χ1) is 13.4. The van der Waals surface area contributed by atoms with Gasteiger partial charge in [-0.2, -0.15) is 0 Å². The van der Waals surface area contributed by atoms with Crippen LogP contribution in [0.4, 0.5) is 4.39 Å². The van der Waals surface area contributed by atoms with Gasteiger partial charge in [0.15, 0.2) is 0 Å². The van der Waals surface area contributed by atoms with Crippen molar-refractivity contribution in [1.29, 1.82) is 0 Å². The molecule has 150 valence electrons. The number of halogens is 1. The fourth-order valence-electron chi connectivity index (χ4n) is 2.20. The van der Waals surface area contributed by atoms with Crippen molar-refractivity contribution < 1.29 is 17.6 Å². The molecule has 0 fully saturated rings. The van der Waals surface area contributed by atoms with Crippen molar-refractivity contribution in [2.45, 2.75) is 17.7 Å². The van der Waals surface area contributed by atoms with Crippen LogP contribution in [-0.2, 0) is 14.8 Å². The van der Waals surface area contributed by atoms with E-state index >= 15 is 0 Å². The Morgan fingerprint density at radius 1 is 1.04 bits per heavy atom. The summed E-state index contributed by atoms with van der Waals surface area (Å²) in [4.78, 5) is 12.7. The molecule has 0 aromatic heterocycles. The van der Waals surface area contributed by atoms with Crippen LogP contribution in [-0.4, -0.2) is 33.2 Å². The first-order valence-corrected chi connectivity index (χ1v) is 11.4. The van der Waals surface area contributed by atoms with Gasteiger partial charge >= 0.3 is 0 Å². The van der Waals surface area contributed by atoms with E-state index in [-0.39, 0.29) is 24.7 Å². The summed E-state index contributed by atoms with van der Waals surface area (Å²) in [6, 6.07) is 15.4. The Kier molecular flexibility index (Phi) is 9.19. The Morgan fingerprint density at radius 3 is 2.46 bits per heavy atom. The Bertz CT molecular complexity index is 870. The van der Waals surface area contributed by atoms with Crippen LogP contribution in [0.15, 0.2) is 64.9 Å². The fraction of sp³-hybridized carbons (Fsp3) is 0.250. The third-order valence-electron chi connectivity index (χ3n) is 3.62. The molecule has 0 heterocycles. The lowest BCUT2D eigenvalue weighted by molar-refractivity contribution is -0.120. The van der Waals surface area contributed by atoms with Gasteiger partial charge in [0.1, 0.15) is 5.82 Å². The first-order valence-electron chi connectivity index (χ1n) is 8.82. The molecule has 5 nitrogen and oxygen atoms in total. The quantitative estimate of drug-likeness (QED) is 0.430. The van der Waals surface area contributed by atoms with Crippen LogP contribution in [0, 0.1) is 5.82 Å². The lowest BCUT2D eigenvalue weighted by Gasteiger charge is -2.06. The van der Waals surface area contributed by atoms with Crippen LogP contribution in [0.1, 0.15) is 18.4 Å². The van der Waals surface area contributed by atoms with E-state index in [1.54, 1.807) is 36.0 Å². The van der Waals surface area contributed by atoms with Gasteiger partial charge in [0.05, 0.1) is 0 Å². The minimum Gasteiger partial charge on any atom is -0.356 e. The molecular formula is C20H23FN2O3S2. The Labute approximate surface area is 169 Å². The molecule has 0 aliphatic carbocycles.